The second-order valence-electron chi connectivity index (χ2n) is 2.33. The van der Waals surface area contributed by atoms with E-state index in [-0.39, 0.29) is 11.5 Å². The van der Waals surface area contributed by atoms with Crippen LogP contribution in [0.2, 0.25) is 0 Å². The summed E-state index contributed by atoms with van der Waals surface area (Å²) in [6, 6.07) is 1.63. The summed E-state index contributed by atoms with van der Waals surface area (Å²) in [6.45, 7) is 1.67. The monoisotopic (exact) mass is 230 g/mol. The Hall–Kier alpha value is -1.10. The highest BCUT2D eigenvalue weighted by Crippen LogP contribution is 2.19. The van der Waals surface area contributed by atoms with Gasteiger partial charge in [-0.2, -0.15) is 0 Å². The van der Waals surface area contributed by atoms with E-state index in [1.807, 2.05) is 0 Å². The van der Waals surface area contributed by atoms with Crippen molar-refractivity contribution in [1.29, 1.82) is 0 Å². The van der Waals surface area contributed by atoms with Gasteiger partial charge in [0.2, 0.25) is 0 Å². The number of rotatable bonds is 1. The van der Waals surface area contributed by atoms with Crippen LogP contribution in [-0.4, -0.2) is 16.1 Å². The first-order chi connectivity index (χ1) is 5.52. The largest absolute Gasteiger partial charge is 0.477 e. The molecule has 4 nitrogen and oxygen atoms in total. The molecule has 5 heteroatoms. The van der Waals surface area contributed by atoms with Crippen LogP contribution in [0.25, 0.3) is 0 Å². The number of carboxylic acid groups (broad SMARTS) is 1. The SMILES string of the molecule is Cc1cc(Br)c(N)nc1C(=O)O. The van der Waals surface area contributed by atoms with Crippen LogP contribution in [0, 0.1) is 6.92 Å². The number of carbonyl (C=O) groups is 1. The molecule has 64 valence electrons. The summed E-state index contributed by atoms with van der Waals surface area (Å²) < 4.78 is 0.616. The van der Waals surface area contributed by atoms with Crippen molar-refractivity contribution in [2.24, 2.45) is 0 Å². The zero-order valence-electron chi connectivity index (χ0n) is 6.34. The summed E-state index contributed by atoms with van der Waals surface area (Å²) >= 11 is 3.15. The summed E-state index contributed by atoms with van der Waals surface area (Å²) in [7, 11) is 0. The Morgan fingerprint density at radius 1 is 1.75 bits per heavy atom. The number of aromatic carboxylic acids is 1. The Morgan fingerprint density at radius 3 is 2.83 bits per heavy atom. The lowest BCUT2D eigenvalue weighted by Crippen LogP contribution is -2.06. The Labute approximate surface area is 77.5 Å². The molecular formula is C7H7BrN2O2. The first-order valence-corrected chi connectivity index (χ1v) is 3.97. The number of aryl methyl sites for hydroxylation is 1. The van der Waals surface area contributed by atoms with Gasteiger partial charge in [-0.15, -0.1) is 0 Å². The number of nitrogens with zero attached hydrogens (tertiary/aromatic N) is 1. The molecule has 0 aliphatic heterocycles. The number of halogens is 1. The van der Waals surface area contributed by atoms with Crippen molar-refractivity contribution < 1.29 is 9.90 Å². The van der Waals surface area contributed by atoms with E-state index in [9.17, 15) is 4.79 Å². The van der Waals surface area contributed by atoms with Crippen LogP contribution in [0.3, 0.4) is 0 Å². The minimum absolute atomic E-state index is 0.00398. The topological polar surface area (TPSA) is 76.2 Å². The van der Waals surface area contributed by atoms with Crippen LogP contribution in [0.5, 0.6) is 0 Å². The Kier molecular flexibility index (Phi) is 2.32. The standard InChI is InChI=1S/C7H7BrN2O2/c1-3-2-4(8)6(9)10-5(3)7(11)12/h2H,1H3,(H2,9,10)(H,11,12). The van der Waals surface area contributed by atoms with Crippen molar-refractivity contribution >= 4 is 27.7 Å². The number of carboxylic acids is 1. The van der Waals surface area contributed by atoms with Crippen molar-refractivity contribution in [3.8, 4) is 0 Å². The quantitative estimate of drug-likeness (QED) is 0.766. The fraction of sp³-hybridized carbons (Fsp3) is 0.143. The van der Waals surface area contributed by atoms with Gasteiger partial charge >= 0.3 is 5.97 Å². The summed E-state index contributed by atoms with van der Waals surface area (Å²) in [5.41, 5.74) is 5.99. The first-order valence-electron chi connectivity index (χ1n) is 3.18. The predicted octanol–water partition coefficient (Wildman–Crippen LogP) is 1.43. The Bertz CT molecular complexity index is 338. The van der Waals surface area contributed by atoms with Crippen molar-refractivity contribution in [2.45, 2.75) is 6.92 Å². The highest BCUT2D eigenvalue weighted by Gasteiger charge is 2.10. The molecule has 0 amide bonds. The third-order valence-corrected chi connectivity index (χ3v) is 2.03. The van der Waals surface area contributed by atoms with Gasteiger partial charge in [0.05, 0.1) is 4.47 Å². The minimum atomic E-state index is -1.06. The van der Waals surface area contributed by atoms with Crippen molar-refractivity contribution in [2.75, 3.05) is 5.73 Å². The van der Waals surface area contributed by atoms with E-state index in [2.05, 4.69) is 20.9 Å². The average molecular weight is 231 g/mol. The predicted molar refractivity (Wildman–Crippen MR) is 48.0 cm³/mol. The molecule has 0 unspecified atom stereocenters. The number of pyridine rings is 1. The third kappa shape index (κ3) is 1.55. The highest BCUT2D eigenvalue weighted by molar-refractivity contribution is 9.10. The molecule has 0 aromatic carbocycles. The second-order valence-corrected chi connectivity index (χ2v) is 3.18. The first kappa shape index (κ1) is 8.99. The van der Waals surface area contributed by atoms with E-state index in [1.54, 1.807) is 13.0 Å². The maximum atomic E-state index is 10.6. The molecule has 0 saturated carbocycles. The molecule has 1 heterocycles. The van der Waals surface area contributed by atoms with Gasteiger partial charge in [0, 0.05) is 0 Å². The van der Waals surface area contributed by atoms with Crippen LogP contribution in [0.15, 0.2) is 10.5 Å². The van der Waals surface area contributed by atoms with Crippen molar-refractivity contribution in [3.05, 3.63) is 21.8 Å². The second kappa shape index (κ2) is 3.10. The number of nitrogen functional groups attached to an aromatic ring is 1. The normalized spacial score (nSPS) is 9.83. The molecule has 1 rings (SSSR count). The summed E-state index contributed by atoms with van der Waals surface area (Å²) in [6.07, 6.45) is 0. The van der Waals surface area contributed by atoms with E-state index >= 15 is 0 Å². The number of hydrogen-bond donors (Lipinski definition) is 2. The fourth-order valence-electron chi connectivity index (χ4n) is 0.811. The maximum absolute atomic E-state index is 10.6. The van der Waals surface area contributed by atoms with Crippen LogP contribution < -0.4 is 5.73 Å². The van der Waals surface area contributed by atoms with E-state index in [0.29, 0.717) is 10.0 Å². The lowest BCUT2D eigenvalue weighted by atomic mass is 10.2. The lowest BCUT2D eigenvalue weighted by Gasteiger charge is -2.02. The maximum Gasteiger partial charge on any atom is 0.354 e. The average Bonchev–Trinajstić information content (AvgIpc) is 1.96. The molecule has 0 aliphatic carbocycles. The number of hydrogen-bond acceptors (Lipinski definition) is 3. The third-order valence-electron chi connectivity index (χ3n) is 1.40. The summed E-state index contributed by atoms with van der Waals surface area (Å²) in [4.78, 5) is 14.3. The number of nitrogens with two attached hydrogens (primary N) is 1. The molecule has 0 radical (unpaired) electrons. The van der Waals surface area contributed by atoms with Crippen LogP contribution in [0.1, 0.15) is 16.1 Å². The molecule has 0 fully saturated rings. The zero-order valence-corrected chi connectivity index (χ0v) is 7.92. The van der Waals surface area contributed by atoms with Gasteiger partial charge in [-0.1, -0.05) is 0 Å². The minimum Gasteiger partial charge on any atom is -0.477 e. The van der Waals surface area contributed by atoms with E-state index in [4.69, 9.17) is 10.8 Å². The van der Waals surface area contributed by atoms with Crippen molar-refractivity contribution in [3.63, 3.8) is 0 Å². The van der Waals surface area contributed by atoms with Crippen molar-refractivity contribution in [1.82, 2.24) is 4.98 Å². The molecule has 1 aromatic rings. The van der Waals surface area contributed by atoms with E-state index in [1.165, 1.54) is 0 Å². The summed E-state index contributed by atoms with van der Waals surface area (Å²) in [5, 5.41) is 8.65. The number of anilines is 1. The van der Waals surface area contributed by atoms with Crippen LogP contribution in [0.4, 0.5) is 5.82 Å². The van der Waals surface area contributed by atoms with E-state index in [0.717, 1.165) is 0 Å². The molecule has 1 aromatic heterocycles. The van der Waals surface area contributed by atoms with Gasteiger partial charge in [-0.3, -0.25) is 0 Å². The Balaban J connectivity index is 3.33. The van der Waals surface area contributed by atoms with Gasteiger partial charge in [-0.25, -0.2) is 9.78 Å². The molecule has 0 aliphatic rings. The highest BCUT2D eigenvalue weighted by atomic mass is 79.9. The molecular weight excluding hydrogens is 224 g/mol. The van der Waals surface area contributed by atoms with Gasteiger partial charge in [0.1, 0.15) is 5.82 Å². The molecule has 12 heavy (non-hydrogen) atoms. The van der Waals surface area contributed by atoms with Crippen LogP contribution in [-0.2, 0) is 0 Å². The van der Waals surface area contributed by atoms with Gasteiger partial charge < -0.3 is 10.8 Å². The smallest absolute Gasteiger partial charge is 0.354 e. The lowest BCUT2D eigenvalue weighted by molar-refractivity contribution is 0.0690. The molecule has 0 saturated heterocycles. The van der Waals surface area contributed by atoms with Crippen LogP contribution >= 0.6 is 15.9 Å². The van der Waals surface area contributed by atoms with Gasteiger partial charge in [-0.05, 0) is 34.5 Å². The fourth-order valence-corrected chi connectivity index (χ4v) is 1.24. The van der Waals surface area contributed by atoms with E-state index < -0.39 is 5.97 Å². The molecule has 3 N–H and O–H groups in total. The summed E-state index contributed by atoms with van der Waals surface area (Å²) in [5.74, 6) is -0.871. The Morgan fingerprint density at radius 2 is 2.33 bits per heavy atom. The zero-order chi connectivity index (χ0) is 9.30. The number of aromatic nitrogens is 1. The molecule has 0 bridgehead atoms. The van der Waals surface area contributed by atoms with Gasteiger partial charge in [0.25, 0.3) is 0 Å². The van der Waals surface area contributed by atoms with Gasteiger partial charge in [0.15, 0.2) is 5.69 Å². The molecule has 0 atom stereocenters. The molecule has 0 spiro atoms.